The van der Waals surface area contributed by atoms with Crippen molar-refractivity contribution in [1.82, 2.24) is 4.90 Å². The van der Waals surface area contributed by atoms with Crippen LogP contribution in [0.1, 0.15) is 25.8 Å². The third-order valence-corrected chi connectivity index (χ3v) is 3.09. The molecule has 0 aliphatic carbocycles. The van der Waals surface area contributed by atoms with E-state index in [9.17, 15) is 0 Å². The number of benzene rings is 1. The fraction of sp³-hybridized carbons (Fsp3) is 0.533. The Morgan fingerprint density at radius 1 is 1.30 bits per heavy atom. The minimum Gasteiger partial charge on any atom is -0.492 e. The van der Waals surface area contributed by atoms with Gasteiger partial charge in [0.25, 0.3) is 0 Å². The Hall–Kier alpha value is -1.75. The molecule has 1 aromatic rings. The Bertz CT molecular complexity index is 416. The van der Waals surface area contributed by atoms with Gasteiger partial charge in [0.05, 0.1) is 0 Å². The monoisotopic (exact) mass is 279 g/mol. The van der Waals surface area contributed by atoms with Crippen LogP contribution >= 0.6 is 0 Å². The van der Waals surface area contributed by atoms with E-state index in [1.165, 1.54) is 6.42 Å². The van der Waals surface area contributed by atoms with Gasteiger partial charge in [0, 0.05) is 12.1 Å². The minimum absolute atomic E-state index is 0.102. The van der Waals surface area contributed by atoms with E-state index in [2.05, 4.69) is 31.0 Å². The molecule has 0 heterocycles. The number of likely N-dealkylation sites (N-methyl/N-ethyl adjacent to an activating group) is 1. The molecule has 0 spiro atoms. The second-order valence-corrected chi connectivity index (χ2v) is 5.34. The number of amidine groups is 1. The van der Waals surface area contributed by atoms with Crippen molar-refractivity contribution in [2.45, 2.75) is 20.3 Å². The smallest absolute Gasteiger partial charge is 0.170 e. The zero-order chi connectivity index (χ0) is 15.0. The predicted molar refractivity (Wildman–Crippen MR) is 81.4 cm³/mol. The summed E-state index contributed by atoms with van der Waals surface area (Å²) < 4.78 is 5.67. The van der Waals surface area contributed by atoms with Crippen molar-refractivity contribution < 1.29 is 9.94 Å². The SMILES string of the molecule is CC(C)CCN(C)CCOc1ccc(C(N)=NO)cc1. The molecule has 1 aromatic carbocycles. The summed E-state index contributed by atoms with van der Waals surface area (Å²) in [6, 6.07) is 7.18. The Labute approximate surface area is 121 Å². The molecule has 5 nitrogen and oxygen atoms in total. The molecule has 0 saturated carbocycles. The maximum atomic E-state index is 8.58. The lowest BCUT2D eigenvalue weighted by Crippen LogP contribution is -2.26. The van der Waals surface area contributed by atoms with Crippen molar-refractivity contribution in [3.63, 3.8) is 0 Å². The molecule has 0 saturated heterocycles. The van der Waals surface area contributed by atoms with E-state index < -0.39 is 0 Å². The topological polar surface area (TPSA) is 71.1 Å². The molecule has 0 atom stereocenters. The van der Waals surface area contributed by atoms with Crippen LogP contribution in [0.2, 0.25) is 0 Å². The van der Waals surface area contributed by atoms with Gasteiger partial charge >= 0.3 is 0 Å². The fourth-order valence-corrected chi connectivity index (χ4v) is 1.69. The van der Waals surface area contributed by atoms with Gasteiger partial charge in [-0.15, -0.1) is 0 Å². The summed E-state index contributed by atoms with van der Waals surface area (Å²) in [4.78, 5) is 2.27. The molecule has 0 radical (unpaired) electrons. The summed E-state index contributed by atoms with van der Waals surface area (Å²) in [6.45, 7) is 7.09. The summed E-state index contributed by atoms with van der Waals surface area (Å²) >= 11 is 0. The van der Waals surface area contributed by atoms with Crippen molar-refractivity contribution in [3.8, 4) is 5.75 Å². The van der Waals surface area contributed by atoms with Crippen LogP contribution in [0.5, 0.6) is 5.75 Å². The van der Waals surface area contributed by atoms with Crippen molar-refractivity contribution in [3.05, 3.63) is 29.8 Å². The third kappa shape index (κ3) is 5.93. The second-order valence-electron chi connectivity index (χ2n) is 5.34. The van der Waals surface area contributed by atoms with Crippen LogP contribution in [0.3, 0.4) is 0 Å². The number of hydrogen-bond donors (Lipinski definition) is 2. The van der Waals surface area contributed by atoms with Crippen molar-refractivity contribution in [2.24, 2.45) is 16.8 Å². The Kier molecular flexibility index (Phi) is 6.87. The van der Waals surface area contributed by atoms with Gasteiger partial charge in [-0.2, -0.15) is 0 Å². The van der Waals surface area contributed by atoms with Crippen molar-refractivity contribution >= 4 is 5.84 Å². The minimum atomic E-state index is 0.102. The van der Waals surface area contributed by atoms with Crippen molar-refractivity contribution in [2.75, 3.05) is 26.7 Å². The maximum absolute atomic E-state index is 8.58. The summed E-state index contributed by atoms with van der Waals surface area (Å²) in [5, 5.41) is 11.5. The number of oxime groups is 1. The summed E-state index contributed by atoms with van der Waals surface area (Å²) in [5.41, 5.74) is 6.17. The number of nitrogens with two attached hydrogens (primary N) is 1. The molecular weight excluding hydrogens is 254 g/mol. The molecule has 0 aliphatic heterocycles. The van der Waals surface area contributed by atoms with Crippen LogP contribution < -0.4 is 10.5 Å². The van der Waals surface area contributed by atoms with E-state index >= 15 is 0 Å². The molecular formula is C15H25N3O2. The Balaban J connectivity index is 2.32. The number of nitrogens with zero attached hydrogens (tertiary/aromatic N) is 2. The van der Waals surface area contributed by atoms with E-state index in [-0.39, 0.29) is 5.84 Å². The quantitative estimate of drug-likeness (QED) is 0.331. The first-order valence-electron chi connectivity index (χ1n) is 6.92. The second kappa shape index (κ2) is 8.43. The average molecular weight is 279 g/mol. The number of hydrogen-bond acceptors (Lipinski definition) is 4. The van der Waals surface area contributed by atoms with Gasteiger partial charge in [-0.25, -0.2) is 0 Å². The van der Waals surface area contributed by atoms with Crippen LogP contribution in [0.4, 0.5) is 0 Å². The van der Waals surface area contributed by atoms with Gasteiger partial charge in [0.15, 0.2) is 5.84 Å². The molecule has 3 N–H and O–H groups in total. The first kappa shape index (κ1) is 16.3. The molecule has 20 heavy (non-hydrogen) atoms. The molecule has 5 heteroatoms. The normalized spacial score (nSPS) is 12.2. The van der Waals surface area contributed by atoms with Crippen LogP contribution in [-0.2, 0) is 0 Å². The molecule has 1 rings (SSSR count). The van der Waals surface area contributed by atoms with Crippen LogP contribution in [0.25, 0.3) is 0 Å². The molecule has 112 valence electrons. The fourth-order valence-electron chi connectivity index (χ4n) is 1.69. The van der Waals surface area contributed by atoms with Gasteiger partial charge in [-0.1, -0.05) is 19.0 Å². The van der Waals surface area contributed by atoms with E-state index in [0.717, 1.165) is 24.8 Å². The highest BCUT2D eigenvalue weighted by molar-refractivity contribution is 5.97. The highest BCUT2D eigenvalue weighted by Gasteiger charge is 2.02. The van der Waals surface area contributed by atoms with Crippen LogP contribution in [0, 0.1) is 5.92 Å². The summed E-state index contributed by atoms with van der Waals surface area (Å²) in [6.07, 6.45) is 1.20. The van der Waals surface area contributed by atoms with Gasteiger partial charge < -0.3 is 20.6 Å². The molecule has 0 bridgehead atoms. The zero-order valence-corrected chi connectivity index (χ0v) is 12.5. The molecule has 0 aromatic heterocycles. The third-order valence-electron chi connectivity index (χ3n) is 3.09. The number of rotatable bonds is 8. The average Bonchev–Trinajstić information content (AvgIpc) is 2.45. The highest BCUT2D eigenvalue weighted by atomic mass is 16.5. The van der Waals surface area contributed by atoms with Gasteiger partial charge in [0.2, 0.25) is 0 Å². The number of ether oxygens (including phenoxy) is 1. The zero-order valence-electron chi connectivity index (χ0n) is 12.5. The first-order valence-corrected chi connectivity index (χ1v) is 6.92. The van der Waals surface area contributed by atoms with Crippen molar-refractivity contribution in [1.29, 1.82) is 0 Å². The standard InChI is InChI=1S/C15H25N3O2/c1-12(2)8-9-18(3)10-11-20-14-6-4-13(5-7-14)15(16)17-19/h4-7,12,19H,8-11H2,1-3H3,(H2,16,17). The van der Waals surface area contributed by atoms with Gasteiger partial charge in [-0.05, 0) is 50.2 Å². The van der Waals surface area contributed by atoms with E-state index in [1.54, 1.807) is 12.1 Å². The van der Waals surface area contributed by atoms with Gasteiger partial charge in [0.1, 0.15) is 12.4 Å². The van der Waals surface area contributed by atoms with E-state index in [1.807, 2.05) is 12.1 Å². The summed E-state index contributed by atoms with van der Waals surface area (Å²) in [5.74, 6) is 1.62. The molecule has 0 aliphatic rings. The molecule has 0 fully saturated rings. The molecule has 0 unspecified atom stereocenters. The maximum Gasteiger partial charge on any atom is 0.170 e. The van der Waals surface area contributed by atoms with E-state index in [0.29, 0.717) is 12.2 Å². The van der Waals surface area contributed by atoms with Crippen LogP contribution in [0.15, 0.2) is 29.4 Å². The lowest BCUT2D eigenvalue weighted by Gasteiger charge is -2.18. The lowest BCUT2D eigenvalue weighted by atomic mass is 10.1. The largest absolute Gasteiger partial charge is 0.492 e. The highest BCUT2D eigenvalue weighted by Crippen LogP contribution is 2.12. The Morgan fingerprint density at radius 3 is 2.50 bits per heavy atom. The van der Waals surface area contributed by atoms with Crippen LogP contribution in [-0.4, -0.2) is 42.7 Å². The summed E-state index contributed by atoms with van der Waals surface area (Å²) in [7, 11) is 2.10. The van der Waals surface area contributed by atoms with Gasteiger partial charge in [-0.3, -0.25) is 0 Å². The Morgan fingerprint density at radius 2 is 1.95 bits per heavy atom. The van der Waals surface area contributed by atoms with E-state index in [4.69, 9.17) is 15.7 Å². The lowest BCUT2D eigenvalue weighted by molar-refractivity contribution is 0.230. The first-order chi connectivity index (χ1) is 9.52. The molecule has 0 amide bonds. The predicted octanol–water partition coefficient (Wildman–Crippen LogP) is 2.14.